The number of ketones is 1. The number of anilines is 1. The molecule has 0 aliphatic rings. The number of rotatable bonds is 5. The summed E-state index contributed by atoms with van der Waals surface area (Å²) in [5, 5.41) is 2.58. The number of Topliss-reactive ketones (excluding diaryl/α,β-unsaturated/α-hetero) is 1. The van der Waals surface area contributed by atoms with Crippen LogP contribution in [0.3, 0.4) is 0 Å². The first-order valence-electron chi connectivity index (χ1n) is 6.90. The lowest BCUT2D eigenvalue weighted by Gasteiger charge is -2.15. The van der Waals surface area contributed by atoms with Crippen molar-refractivity contribution >= 4 is 29.0 Å². The van der Waals surface area contributed by atoms with Crippen molar-refractivity contribution in [3.05, 3.63) is 58.9 Å². The van der Waals surface area contributed by atoms with Gasteiger partial charge in [-0.05, 0) is 38.1 Å². The number of amides is 1. The molecule has 2 aromatic carbocycles. The van der Waals surface area contributed by atoms with Gasteiger partial charge in [-0.3, -0.25) is 9.59 Å². The Bertz CT molecular complexity index is 748. The van der Waals surface area contributed by atoms with E-state index in [0.29, 0.717) is 11.3 Å². The summed E-state index contributed by atoms with van der Waals surface area (Å²) in [5.74, 6) is -0.758. The van der Waals surface area contributed by atoms with Crippen LogP contribution in [0.15, 0.2) is 42.5 Å². The van der Waals surface area contributed by atoms with Crippen molar-refractivity contribution in [2.24, 2.45) is 0 Å². The Morgan fingerprint density at radius 1 is 1.22 bits per heavy atom. The highest BCUT2D eigenvalue weighted by Gasteiger charge is 2.16. The fraction of sp³-hybridized carbons (Fsp3) is 0.176. The van der Waals surface area contributed by atoms with Crippen LogP contribution in [0.25, 0.3) is 0 Å². The topological polar surface area (TPSA) is 55.4 Å². The molecule has 6 heteroatoms. The summed E-state index contributed by atoms with van der Waals surface area (Å²) in [5.41, 5.74) is 0.997. The number of nitrogens with one attached hydrogen (secondary N) is 1. The van der Waals surface area contributed by atoms with Crippen LogP contribution in [0.2, 0.25) is 5.02 Å². The maximum absolute atomic E-state index is 13.1. The van der Waals surface area contributed by atoms with E-state index in [2.05, 4.69) is 5.32 Å². The first-order chi connectivity index (χ1) is 10.9. The fourth-order valence-electron chi connectivity index (χ4n) is 1.87. The predicted molar refractivity (Wildman–Crippen MR) is 86.6 cm³/mol. The molecule has 2 rings (SSSR count). The van der Waals surface area contributed by atoms with Gasteiger partial charge in [0, 0.05) is 17.3 Å². The number of carbonyl (C=O) groups excluding carboxylic acids is 2. The van der Waals surface area contributed by atoms with E-state index in [1.165, 1.54) is 25.1 Å². The molecule has 4 nitrogen and oxygen atoms in total. The Balaban J connectivity index is 2.03. The molecule has 0 saturated carbocycles. The molecule has 2 aromatic rings. The smallest absolute Gasteiger partial charge is 0.265 e. The van der Waals surface area contributed by atoms with Crippen LogP contribution in [0.5, 0.6) is 5.75 Å². The highest BCUT2D eigenvalue weighted by atomic mass is 35.5. The molecule has 23 heavy (non-hydrogen) atoms. The molecule has 0 fully saturated rings. The second kappa shape index (κ2) is 7.24. The lowest BCUT2D eigenvalue weighted by Crippen LogP contribution is -2.30. The summed E-state index contributed by atoms with van der Waals surface area (Å²) >= 11 is 5.67. The average molecular weight is 336 g/mol. The van der Waals surface area contributed by atoms with Gasteiger partial charge in [-0.2, -0.15) is 0 Å². The zero-order valence-electron chi connectivity index (χ0n) is 12.6. The molecule has 0 saturated heterocycles. The molecule has 0 heterocycles. The largest absolute Gasteiger partial charge is 0.481 e. The molecule has 0 bridgehead atoms. The summed E-state index contributed by atoms with van der Waals surface area (Å²) in [6, 6.07) is 10.5. The van der Waals surface area contributed by atoms with Crippen molar-refractivity contribution in [2.45, 2.75) is 20.0 Å². The zero-order valence-corrected chi connectivity index (χ0v) is 13.4. The van der Waals surface area contributed by atoms with Crippen LogP contribution in [0.4, 0.5) is 10.1 Å². The van der Waals surface area contributed by atoms with E-state index >= 15 is 0 Å². The van der Waals surface area contributed by atoms with Crippen molar-refractivity contribution < 1.29 is 18.7 Å². The third-order valence-electron chi connectivity index (χ3n) is 3.11. The van der Waals surface area contributed by atoms with E-state index in [1.54, 1.807) is 31.2 Å². The van der Waals surface area contributed by atoms with Gasteiger partial charge in [-0.25, -0.2) is 4.39 Å². The summed E-state index contributed by atoms with van der Waals surface area (Å²) in [6.45, 7) is 3.01. The summed E-state index contributed by atoms with van der Waals surface area (Å²) in [6.07, 6.45) is -0.822. The van der Waals surface area contributed by atoms with Crippen LogP contribution in [-0.4, -0.2) is 17.8 Å². The normalized spacial score (nSPS) is 11.7. The van der Waals surface area contributed by atoms with Crippen LogP contribution < -0.4 is 10.1 Å². The molecular weight excluding hydrogens is 321 g/mol. The maximum atomic E-state index is 13.1. The van der Waals surface area contributed by atoms with Crippen LogP contribution >= 0.6 is 11.6 Å². The number of carbonyl (C=O) groups is 2. The molecule has 1 N–H and O–H groups in total. The van der Waals surface area contributed by atoms with E-state index in [-0.39, 0.29) is 16.6 Å². The van der Waals surface area contributed by atoms with Gasteiger partial charge in [-0.1, -0.05) is 23.7 Å². The molecule has 1 atom stereocenters. The highest BCUT2D eigenvalue weighted by molar-refractivity contribution is 6.30. The molecule has 120 valence electrons. The minimum atomic E-state index is -0.822. The average Bonchev–Trinajstić information content (AvgIpc) is 2.51. The Hall–Kier alpha value is -2.40. The minimum Gasteiger partial charge on any atom is -0.481 e. The van der Waals surface area contributed by atoms with E-state index < -0.39 is 17.8 Å². The summed E-state index contributed by atoms with van der Waals surface area (Å²) in [4.78, 5) is 23.5. The Labute approximate surface area is 138 Å². The molecule has 0 aliphatic heterocycles. The van der Waals surface area contributed by atoms with Crippen LogP contribution in [0, 0.1) is 5.82 Å². The summed E-state index contributed by atoms with van der Waals surface area (Å²) in [7, 11) is 0. The first kappa shape index (κ1) is 17.0. The van der Waals surface area contributed by atoms with Gasteiger partial charge in [0.1, 0.15) is 11.6 Å². The fourth-order valence-corrected chi connectivity index (χ4v) is 2.04. The number of hydrogen-bond acceptors (Lipinski definition) is 3. The third-order valence-corrected chi connectivity index (χ3v) is 3.40. The molecule has 1 amide bonds. The standard InChI is InChI=1S/C17H15ClFNO3/c1-10(21)12-4-3-5-13(8-12)20-17(22)11(2)23-14-6-7-16(19)15(18)9-14/h3-9,11H,1-2H3,(H,20,22)/t11-/m0/s1. The van der Waals surface area contributed by atoms with Crippen molar-refractivity contribution in [3.63, 3.8) is 0 Å². The Morgan fingerprint density at radius 2 is 1.96 bits per heavy atom. The Kier molecular flexibility index (Phi) is 5.34. The van der Waals surface area contributed by atoms with Gasteiger partial charge < -0.3 is 10.1 Å². The van der Waals surface area contributed by atoms with E-state index in [1.807, 2.05) is 0 Å². The van der Waals surface area contributed by atoms with Crippen molar-refractivity contribution in [1.82, 2.24) is 0 Å². The van der Waals surface area contributed by atoms with Gasteiger partial charge in [-0.15, -0.1) is 0 Å². The van der Waals surface area contributed by atoms with Crippen molar-refractivity contribution in [2.75, 3.05) is 5.32 Å². The predicted octanol–water partition coefficient (Wildman–Crippen LogP) is 4.09. The Morgan fingerprint density at radius 3 is 2.61 bits per heavy atom. The molecule has 0 radical (unpaired) electrons. The second-order valence-corrected chi connectivity index (χ2v) is 5.37. The van der Waals surface area contributed by atoms with Crippen LogP contribution in [-0.2, 0) is 4.79 Å². The monoisotopic (exact) mass is 335 g/mol. The van der Waals surface area contributed by atoms with Crippen molar-refractivity contribution in [1.29, 1.82) is 0 Å². The lowest BCUT2D eigenvalue weighted by molar-refractivity contribution is -0.122. The highest BCUT2D eigenvalue weighted by Crippen LogP contribution is 2.22. The number of hydrogen-bond donors (Lipinski definition) is 1. The quantitative estimate of drug-likeness (QED) is 0.837. The van der Waals surface area contributed by atoms with Gasteiger partial charge in [0.15, 0.2) is 11.9 Å². The molecule has 0 spiro atoms. The number of halogens is 2. The van der Waals surface area contributed by atoms with E-state index in [4.69, 9.17) is 16.3 Å². The van der Waals surface area contributed by atoms with Crippen molar-refractivity contribution in [3.8, 4) is 5.75 Å². The molecular formula is C17H15ClFNO3. The number of ether oxygens (including phenoxy) is 1. The maximum Gasteiger partial charge on any atom is 0.265 e. The molecule has 0 unspecified atom stereocenters. The molecule has 0 aliphatic carbocycles. The summed E-state index contributed by atoms with van der Waals surface area (Å²) < 4.78 is 18.5. The minimum absolute atomic E-state index is 0.0794. The molecule has 0 aromatic heterocycles. The zero-order chi connectivity index (χ0) is 17.0. The second-order valence-electron chi connectivity index (χ2n) is 4.96. The van der Waals surface area contributed by atoms with Gasteiger partial charge in [0.2, 0.25) is 0 Å². The van der Waals surface area contributed by atoms with E-state index in [0.717, 1.165) is 0 Å². The van der Waals surface area contributed by atoms with E-state index in [9.17, 15) is 14.0 Å². The third kappa shape index (κ3) is 4.53. The van der Waals surface area contributed by atoms with Gasteiger partial charge in [0.25, 0.3) is 5.91 Å². The van der Waals surface area contributed by atoms with Gasteiger partial charge >= 0.3 is 0 Å². The number of benzene rings is 2. The lowest BCUT2D eigenvalue weighted by atomic mass is 10.1. The SMILES string of the molecule is CC(=O)c1cccc(NC(=O)[C@H](C)Oc2ccc(F)c(Cl)c2)c1. The van der Waals surface area contributed by atoms with Crippen LogP contribution in [0.1, 0.15) is 24.2 Å². The first-order valence-corrected chi connectivity index (χ1v) is 7.28. The van der Waals surface area contributed by atoms with Gasteiger partial charge in [0.05, 0.1) is 5.02 Å².